The molecule has 0 aromatic carbocycles. The summed E-state index contributed by atoms with van der Waals surface area (Å²) in [6.45, 7) is 3.60. The topological polar surface area (TPSA) is 87.7 Å². The van der Waals surface area contributed by atoms with Crippen molar-refractivity contribution >= 4 is 17.7 Å². The van der Waals surface area contributed by atoms with E-state index in [0.717, 1.165) is 11.4 Å². The summed E-state index contributed by atoms with van der Waals surface area (Å²) in [6, 6.07) is -0.619. The number of hydrogen-bond donors (Lipinski definition) is 2. The summed E-state index contributed by atoms with van der Waals surface area (Å²) in [6.07, 6.45) is 0.651. The third kappa shape index (κ3) is 2.99. The molecule has 112 valence electrons. The Kier molecular flexibility index (Phi) is 4.72. The minimum Gasteiger partial charge on any atom is -0.379 e. The molecule has 0 spiro atoms. The van der Waals surface area contributed by atoms with Gasteiger partial charge < -0.3 is 15.4 Å². The van der Waals surface area contributed by atoms with E-state index in [0.29, 0.717) is 19.6 Å². The van der Waals surface area contributed by atoms with E-state index < -0.39 is 6.04 Å². The van der Waals surface area contributed by atoms with Gasteiger partial charge in [-0.1, -0.05) is 6.92 Å². The Balaban J connectivity index is 1.94. The number of amides is 3. The van der Waals surface area contributed by atoms with Crippen LogP contribution in [0.2, 0.25) is 0 Å². The van der Waals surface area contributed by atoms with Crippen molar-refractivity contribution in [2.45, 2.75) is 31.8 Å². The van der Waals surface area contributed by atoms with Crippen LogP contribution in [0.5, 0.6) is 0 Å². The third-order valence-corrected chi connectivity index (χ3v) is 3.85. The van der Waals surface area contributed by atoms with Crippen molar-refractivity contribution in [3.63, 3.8) is 0 Å². The van der Waals surface area contributed by atoms with E-state index in [9.17, 15) is 14.4 Å². The zero-order valence-corrected chi connectivity index (χ0v) is 11.8. The molecular formula is C13H21N3O4. The molecule has 0 aromatic rings. The number of hydrogen-bond acceptors (Lipinski definition) is 5. The van der Waals surface area contributed by atoms with Gasteiger partial charge >= 0.3 is 0 Å². The molecule has 0 aromatic heterocycles. The highest BCUT2D eigenvalue weighted by atomic mass is 16.5. The smallest absolute Gasteiger partial charge is 0.251 e. The van der Waals surface area contributed by atoms with Crippen LogP contribution in [0.4, 0.5) is 0 Å². The molecule has 0 aliphatic carbocycles. The van der Waals surface area contributed by atoms with E-state index in [2.05, 4.69) is 10.6 Å². The van der Waals surface area contributed by atoms with Crippen molar-refractivity contribution in [2.24, 2.45) is 5.92 Å². The first kappa shape index (κ1) is 14.9. The van der Waals surface area contributed by atoms with Crippen LogP contribution in [0.3, 0.4) is 0 Å². The van der Waals surface area contributed by atoms with Crippen LogP contribution >= 0.6 is 0 Å². The molecule has 3 amide bonds. The van der Waals surface area contributed by atoms with E-state index >= 15 is 0 Å². The Morgan fingerprint density at radius 3 is 2.85 bits per heavy atom. The molecule has 2 rings (SSSR count). The zero-order valence-electron chi connectivity index (χ0n) is 11.8. The van der Waals surface area contributed by atoms with Gasteiger partial charge in [0.15, 0.2) is 0 Å². The average Bonchev–Trinajstić information content (AvgIpc) is 2.88. The molecule has 2 N–H and O–H groups in total. The Labute approximate surface area is 118 Å². The highest BCUT2D eigenvalue weighted by Gasteiger charge is 2.38. The first-order valence-corrected chi connectivity index (χ1v) is 6.96. The second-order valence-electron chi connectivity index (χ2n) is 5.20. The maximum atomic E-state index is 12.2. The van der Waals surface area contributed by atoms with Crippen LogP contribution in [0.25, 0.3) is 0 Å². The number of nitrogens with zero attached hydrogens (tertiary/aromatic N) is 1. The molecule has 0 radical (unpaired) electrons. The summed E-state index contributed by atoms with van der Waals surface area (Å²) in [4.78, 5) is 36.7. The fraction of sp³-hybridized carbons (Fsp3) is 0.769. The number of likely N-dealkylation sites (N-methyl/N-ethyl adjacent to an activating group) is 2. The first-order valence-electron chi connectivity index (χ1n) is 6.96. The molecule has 3 atom stereocenters. The summed E-state index contributed by atoms with van der Waals surface area (Å²) in [7, 11) is 1.45. The molecule has 2 heterocycles. The van der Waals surface area contributed by atoms with Crippen LogP contribution in [0.1, 0.15) is 19.8 Å². The quantitative estimate of drug-likeness (QED) is 0.638. The number of ether oxygens (including phenoxy) is 1. The van der Waals surface area contributed by atoms with Gasteiger partial charge in [-0.3, -0.25) is 19.3 Å². The maximum absolute atomic E-state index is 12.2. The maximum Gasteiger partial charge on any atom is 0.251 e. The summed E-state index contributed by atoms with van der Waals surface area (Å²) in [5.74, 6) is -1.01. The molecule has 2 saturated heterocycles. The number of carbonyl (C=O) groups is 3. The second kappa shape index (κ2) is 6.32. The zero-order chi connectivity index (χ0) is 14.7. The van der Waals surface area contributed by atoms with Gasteiger partial charge in [0.25, 0.3) is 5.91 Å². The number of imide groups is 1. The van der Waals surface area contributed by atoms with Gasteiger partial charge in [0.2, 0.25) is 11.8 Å². The lowest BCUT2D eigenvalue weighted by molar-refractivity contribution is -0.149. The Morgan fingerprint density at radius 1 is 1.40 bits per heavy atom. The Hall–Kier alpha value is -1.47. The number of carbonyl (C=O) groups excluding carboxylic acids is 3. The summed E-state index contributed by atoms with van der Waals surface area (Å²) >= 11 is 0. The van der Waals surface area contributed by atoms with Crippen LogP contribution in [-0.4, -0.2) is 61.5 Å². The van der Waals surface area contributed by atoms with Gasteiger partial charge in [0.1, 0.15) is 6.04 Å². The number of nitrogens with one attached hydrogen (secondary N) is 2. The standard InChI is InChI=1S/C13H21N3O4/c1-3-14-10-7-20-6-8(10)12(18)15-9-4-5-11(17)16(2)13(9)19/h8-10,14H,3-7H2,1-2H3,(H,15,18). The van der Waals surface area contributed by atoms with E-state index in [1.54, 1.807) is 0 Å². The van der Waals surface area contributed by atoms with Gasteiger partial charge in [0, 0.05) is 19.5 Å². The second-order valence-corrected chi connectivity index (χ2v) is 5.20. The number of piperidine rings is 1. The predicted octanol–water partition coefficient (Wildman–Crippen LogP) is -1.13. The van der Waals surface area contributed by atoms with Gasteiger partial charge in [0.05, 0.1) is 19.1 Å². The SMILES string of the molecule is CCNC1COCC1C(=O)NC1CCC(=O)N(C)C1=O. The summed E-state index contributed by atoms with van der Waals surface area (Å²) < 4.78 is 5.32. The largest absolute Gasteiger partial charge is 0.379 e. The fourth-order valence-corrected chi connectivity index (χ4v) is 2.60. The van der Waals surface area contributed by atoms with Crippen LogP contribution in [-0.2, 0) is 19.1 Å². The average molecular weight is 283 g/mol. The van der Waals surface area contributed by atoms with Crippen molar-refractivity contribution in [3.05, 3.63) is 0 Å². The van der Waals surface area contributed by atoms with E-state index in [-0.39, 0.29) is 36.1 Å². The molecule has 7 heteroatoms. The van der Waals surface area contributed by atoms with Gasteiger partial charge in [-0.2, -0.15) is 0 Å². The number of rotatable bonds is 4. The van der Waals surface area contributed by atoms with Crippen LogP contribution in [0.15, 0.2) is 0 Å². The predicted molar refractivity (Wildman–Crippen MR) is 70.7 cm³/mol. The molecular weight excluding hydrogens is 262 g/mol. The summed E-state index contributed by atoms with van der Waals surface area (Å²) in [5.41, 5.74) is 0. The molecule has 7 nitrogen and oxygen atoms in total. The summed E-state index contributed by atoms with van der Waals surface area (Å²) in [5, 5.41) is 5.95. The fourth-order valence-electron chi connectivity index (χ4n) is 2.60. The Morgan fingerprint density at radius 2 is 2.15 bits per heavy atom. The highest BCUT2D eigenvalue weighted by Crippen LogP contribution is 2.16. The van der Waals surface area contributed by atoms with Crippen LogP contribution in [0, 0.1) is 5.92 Å². The molecule has 0 bridgehead atoms. The van der Waals surface area contributed by atoms with Gasteiger partial charge in [-0.15, -0.1) is 0 Å². The van der Waals surface area contributed by atoms with Crippen LogP contribution < -0.4 is 10.6 Å². The lowest BCUT2D eigenvalue weighted by atomic mass is 10.00. The van der Waals surface area contributed by atoms with Crippen molar-refractivity contribution in [1.82, 2.24) is 15.5 Å². The molecule has 3 unspecified atom stereocenters. The monoisotopic (exact) mass is 283 g/mol. The van der Waals surface area contributed by atoms with Crippen molar-refractivity contribution in [3.8, 4) is 0 Å². The minimum atomic E-state index is -0.604. The molecule has 0 saturated carbocycles. The molecule has 20 heavy (non-hydrogen) atoms. The third-order valence-electron chi connectivity index (χ3n) is 3.85. The van der Waals surface area contributed by atoms with Gasteiger partial charge in [-0.05, 0) is 13.0 Å². The number of likely N-dealkylation sites (tertiary alicyclic amines) is 1. The molecule has 2 aliphatic rings. The van der Waals surface area contributed by atoms with Crippen molar-refractivity contribution in [2.75, 3.05) is 26.8 Å². The van der Waals surface area contributed by atoms with Crippen molar-refractivity contribution in [1.29, 1.82) is 0 Å². The minimum absolute atomic E-state index is 0.0157. The van der Waals surface area contributed by atoms with E-state index in [4.69, 9.17) is 4.74 Å². The lowest BCUT2D eigenvalue weighted by Crippen LogP contribution is -2.55. The highest BCUT2D eigenvalue weighted by molar-refractivity contribution is 6.01. The lowest BCUT2D eigenvalue weighted by Gasteiger charge is -2.29. The van der Waals surface area contributed by atoms with Gasteiger partial charge in [-0.25, -0.2) is 0 Å². The van der Waals surface area contributed by atoms with Crippen molar-refractivity contribution < 1.29 is 19.1 Å². The Bertz CT molecular complexity index is 412. The van der Waals surface area contributed by atoms with E-state index in [1.165, 1.54) is 7.05 Å². The van der Waals surface area contributed by atoms with E-state index in [1.807, 2.05) is 6.92 Å². The molecule has 2 aliphatic heterocycles. The molecule has 2 fully saturated rings. The first-order chi connectivity index (χ1) is 9.54. The normalized spacial score (nSPS) is 30.7.